The highest BCUT2D eigenvalue weighted by atomic mass is 35.5. The third-order valence-electron chi connectivity index (χ3n) is 3.75. The second kappa shape index (κ2) is 5.41. The zero-order valence-corrected chi connectivity index (χ0v) is 11.5. The maximum absolute atomic E-state index is 13.2. The minimum atomic E-state index is -0.341. The molecule has 0 bridgehead atoms. The van der Waals surface area contributed by atoms with E-state index >= 15 is 0 Å². The molecule has 0 unspecified atom stereocenters. The molecule has 1 aliphatic carbocycles. The minimum absolute atomic E-state index is 0.194. The Balaban J connectivity index is 1.61. The van der Waals surface area contributed by atoms with Crippen LogP contribution in [0, 0.1) is 11.6 Å². The fourth-order valence-electron chi connectivity index (χ4n) is 2.59. The van der Waals surface area contributed by atoms with Crippen LogP contribution in [-0.2, 0) is 0 Å². The summed E-state index contributed by atoms with van der Waals surface area (Å²) in [7, 11) is 0. The van der Waals surface area contributed by atoms with Crippen molar-refractivity contribution >= 4 is 17.3 Å². The first-order chi connectivity index (χ1) is 9.61. The maximum atomic E-state index is 13.2. The summed E-state index contributed by atoms with van der Waals surface area (Å²) in [6.07, 6.45) is 1.86. The summed E-state index contributed by atoms with van der Waals surface area (Å²) in [6.45, 7) is 0. The van der Waals surface area contributed by atoms with Crippen LogP contribution in [0.2, 0.25) is 5.02 Å². The van der Waals surface area contributed by atoms with Crippen molar-refractivity contribution in [1.82, 2.24) is 0 Å². The number of halogens is 3. The normalized spacial score (nSPS) is 21.4. The first kappa shape index (κ1) is 13.4. The van der Waals surface area contributed by atoms with Gasteiger partial charge in [0, 0.05) is 6.04 Å². The Labute approximate surface area is 121 Å². The van der Waals surface area contributed by atoms with Crippen LogP contribution in [0.15, 0.2) is 42.5 Å². The molecule has 0 aromatic heterocycles. The van der Waals surface area contributed by atoms with Gasteiger partial charge in [0.15, 0.2) is 0 Å². The molecule has 2 aromatic carbocycles. The van der Waals surface area contributed by atoms with Crippen molar-refractivity contribution in [3.8, 4) is 0 Å². The second-order valence-corrected chi connectivity index (χ2v) is 5.60. The molecular weight excluding hydrogens is 280 g/mol. The molecule has 2 aromatic rings. The van der Waals surface area contributed by atoms with Gasteiger partial charge in [0.05, 0.1) is 10.7 Å². The van der Waals surface area contributed by atoms with E-state index in [2.05, 4.69) is 5.32 Å². The second-order valence-electron chi connectivity index (χ2n) is 5.19. The average molecular weight is 294 g/mol. The molecule has 4 heteroatoms. The van der Waals surface area contributed by atoms with Crippen LogP contribution >= 0.6 is 11.6 Å². The van der Waals surface area contributed by atoms with E-state index in [0.29, 0.717) is 17.0 Å². The Hall–Kier alpha value is -1.61. The van der Waals surface area contributed by atoms with Crippen molar-refractivity contribution in [1.29, 1.82) is 0 Å². The van der Waals surface area contributed by atoms with E-state index in [1.165, 1.54) is 18.2 Å². The molecule has 1 nitrogen and oxygen atoms in total. The van der Waals surface area contributed by atoms with Crippen molar-refractivity contribution in [3.05, 3.63) is 64.7 Å². The van der Waals surface area contributed by atoms with E-state index in [-0.39, 0.29) is 11.6 Å². The van der Waals surface area contributed by atoms with Crippen LogP contribution in [0.5, 0.6) is 0 Å². The number of benzene rings is 2. The van der Waals surface area contributed by atoms with Gasteiger partial charge in [-0.25, -0.2) is 8.78 Å². The molecule has 1 fully saturated rings. The van der Waals surface area contributed by atoms with Crippen LogP contribution in [0.1, 0.15) is 24.3 Å². The van der Waals surface area contributed by atoms with Crippen LogP contribution in [0.4, 0.5) is 14.5 Å². The summed E-state index contributed by atoms with van der Waals surface area (Å²) in [5.74, 6) is -0.158. The Morgan fingerprint density at radius 3 is 2.45 bits per heavy atom. The highest BCUT2D eigenvalue weighted by Gasteiger charge is 2.30. The monoisotopic (exact) mass is 293 g/mol. The van der Waals surface area contributed by atoms with Gasteiger partial charge < -0.3 is 5.32 Å². The van der Waals surface area contributed by atoms with Gasteiger partial charge in [-0.1, -0.05) is 23.7 Å². The predicted octanol–water partition coefficient (Wildman–Crippen LogP) is 4.98. The SMILES string of the molecule is Fc1cccc(C2CC(Nc3ccc(F)cc3Cl)C2)c1. The average Bonchev–Trinajstić information content (AvgIpc) is 2.35. The van der Waals surface area contributed by atoms with Crippen LogP contribution in [0.3, 0.4) is 0 Å². The standard InChI is InChI=1S/C16H14ClF2N/c17-15-9-13(19)4-5-16(15)20-14-7-11(8-14)10-2-1-3-12(18)6-10/h1-6,9,11,14,20H,7-8H2. The Bertz CT molecular complexity index is 624. The zero-order chi connectivity index (χ0) is 14.1. The fraction of sp³-hybridized carbons (Fsp3) is 0.250. The van der Waals surface area contributed by atoms with Crippen molar-refractivity contribution in [2.75, 3.05) is 5.32 Å². The highest BCUT2D eigenvalue weighted by Crippen LogP contribution is 2.39. The number of hydrogen-bond acceptors (Lipinski definition) is 1. The van der Waals surface area contributed by atoms with Gasteiger partial charge in [-0.05, 0) is 54.7 Å². The molecule has 0 spiro atoms. The van der Waals surface area contributed by atoms with Gasteiger partial charge >= 0.3 is 0 Å². The predicted molar refractivity (Wildman–Crippen MR) is 77.2 cm³/mol. The summed E-state index contributed by atoms with van der Waals surface area (Å²) in [5.41, 5.74) is 1.78. The number of nitrogens with one attached hydrogen (secondary N) is 1. The Kier molecular flexibility index (Phi) is 3.62. The molecule has 0 radical (unpaired) electrons. The van der Waals surface area contributed by atoms with Crippen LogP contribution in [0.25, 0.3) is 0 Å². The van der Waals surface area contributed by atoms with Gasteiger partial charge in [0.1, 0.15) is 11.6 Å². The van der Waals surface area contributed by atoms with Gasteiger partial charge in [0.2, 0.25) is 0 Å². The number of hydrogen-bond donors (Lipinski definition) is 1. The van der Waals surface area contributed by atoms with Crippen LogP contribution < -0.4 is 5.32 Å². The lowest BCUT2D eigenvalue weighted by Gasteiger charge is -2.37. The zero-order valence-electron chi connectivity index (χ0n) is 10.7. The molecule has 0 heterocycles. The minimum Gasteiger partial charge on any atom is -0.381 e. The quantitative estimate of drug-likeness (QED) is 0.842. The van der Waals surface area contributed by atoms with E-state index in [1.807, 2.05) is 6.07 Å². The van der Waals surface area contributed by atoms with Crippen molar-refractivity contribution in [3.63, 3.8) is 0 Å². The molecule has 3 rings (SSSR count). The number of anilines is 1. The molecule has 0 aliphatic heterocycles. The Morgan fingerprint density at radius 2 is 1.75 bits per heavy atom. The van der Waals surface area contributed by atoms with E-state index < -0.39 is 0 Å². The summed E-state index contributed by atoms with van der Waals surface area (Å²) in [4.78, 5) is 0. The fourth-order valence-corrected chi connectivity index (χ4v) is 2.82. The third-order valence-corrected chi connectivity index (χ3v) is 4.06. The molecule has 1 N–H and O–H groups in total. The van der Waals surface area contributed by atoms with Crippen molar-refractivity contribution < 1.29 is 8.78 Å². The molecule has 1 aliphatic rings. The Morgan fingerprint density at radius 1 is 1.00 bits per heavy atom. The third kappa shape index (κ3) is 2.78. The molecule has 104 valence electrons. The molecule has 20 heavy (non-hydrogen) atoms. The molecule has 0 atom stereocenters. The summed E-state index contributed by atoms with van der Waals surface area (Å²) in [6, 6.07) is 11.4. The van der Waals surface area contributed by atoms with Crippen molar-refractivity contribution in [2.24, 2.45) is 0 Å². The lowest BCUT2D eigenvalue weighted by atomic mass is 9.76. The molecule has 0 amide bonds. The summed E-state index contributed by atoms with van der Waals surface area (Å²) < 4.78 is 26.1. The molecule has 1 saturated carbocycles. The first-order valence-electron chi connectivity index (χ1n) is 6.59. The largest absolute Gasteiger partial charge is 0.381 e. The van der Waals surface area contributed by atoms with Crippen molar-refractivity contribution in [2.45, 2.75) is 24.8 Å². The van der Waals surface area contributed by atoms with Gasteiger partial charge in [-0.15, -0.1) is 0 Å². The summed E-state index contributed by atoms with van der Waals surface area (Å²) >= 11 is 5.98. The topological polar surface area (TPSA) is 12.0 Å². The van der Waals surface area contributed by atoms with Gasteiger partial charge in [-0.2, -0.15) is 0 Å². The number of rotatable bonds is 3. The maximum Gasteiger partial charge on any atom is 0.124 e. The molecular formula is C16H14ClF2N. The van der Waals surface area contributed by atoms with E-state index in [9.17, 15) is 8.78 Å². The summed E-state index contributed by atoms with van der Waals surface area (Å²) in [5, 5.41) is 3.68. The lowest BCUT2D eigenvalue weighted by Crippen LogP contribution is -2.34. The smallest absolute Gasteiger partial charge is 0.124 e. The lowest BCUT2D eigenvalue weighted by molar-refractivity contribution is 0.373. The van der Waals surface area contributed by atoms with Crippen LogP contribution in [-0.4, -0.2) is 6.04 Å². The van der Waals surface area contributed by atoms with E-state index in [0.717, 1.165) is 24.1 Å². The molecule has 0 saturated heterocycles. The highest BCUT2D eigenvalue weighted by molar-refractivity contribution is 6.33. The van der Waals surface area contributed by atoms with Gasteiger partial charge in [0.25, 0.3) is 0 Å². The van der Waals surface area contributed by atoms with E-state index in [1.54, 1.807) is 18.2 Å². The first-order valence-corrected chi connectivity index (χ1v) is 6.96. The van der Waals surface area contributed by atoms with E-state index in [4.69, 9.17) is 11.6 Å². The van der Waals surface area contributed by atoms with Gasteiger partial charge in [-0.3, -0.25) is 0 Å².